The number of hydrogen-bond donors (Lipinski definition) is 1. The van der Waals surface area contributed by atoms with E-state index in [4.69, 9.17) is 4.74 Å². The van der Waals surface area contributed by atoms with Gasteiger partial charge in [0.2, 0.25) is 0 Å². The Bertz CT molecular complexity index is 392. The van der Waals surface area contributed by atoms with Crippen LogP contribution in [0.15, 0.2) is 18.2 Å². The van der Waals surface area contributed by atoms with Gasteiger partial charge in [0, 0.05) is 25.6 Å². The van der Waals surface area contributed by atoms with Gasteiger partial charge in [-0.2, -0.15) is 0 Å². The largest absolute Gasteiger partial charge is 0.493 e. The first-order valence-electron chi connectivity index (χ1n) is 6.88. The van der Waals surface area contributed by atoms with Crippen LogP contribution in [-0.2, 0) is 6.42 Å². The summed E-state index contributed by atoms with van der Waals surface area (Å²) in [6.07, 6.45) is 1.05. The number of likely N-dealkylation sites (N-methyl/N-ethyl adjacent to an activating group) is 1. The maximum absolute atomic E-state index is 5.53. The Balaban J connectivity index is 1.87. The highest BCUT2D eigenvalue weighted by Gasteiger charge is 2.14. The minimum absolute atomic E-state index is 0.404. The lowest BCUT2D eigenvalue weighted by molar-refractivity contribution is 0.342. The average molecular weight is 248 g/mol. The Kier molecular flexibility index (Phi) is 4.61. The standard InChI is InChI=1S/C15H24N2O/c1-4-17(3)9-8-16-12(2)13-5-6-15-14(11-13)7-10-18-15/h5-6,11-12,16H,4,7-10H2,1-3H3. The van der Waals surface area contributed by atoms with Gasteiger partial charge in [0.15, 0.2) is 0 Å². The van der Waals surface area contributed by atoms with Crippen molar-refractivity contribution in [3.63, 3.8) is 0 Å². The molecule has 0 radical (unpaired) electrons. The molecule has 1 aliphatic rings. The van der Waals surface area contributed by atoms with Crippen molar-refractivity contribution in [3.8, 4) is 5.75 Å². The third kappa shape index (κ3) is 3.24. The molecule has 1 aromatic carbocycles. The molecule has 0 fully saturated rings. The van der Waals surface area contributed by atoms with Crippen molar-refractivity contribution in [2.45, 2.75) is 26.3 Å². The first-order chi connectivity index (χ1) is 8.70. The van der Waals surface area contributed by atoms with E-state index in [-0.39, 0.29) is 0 Å². The number of fused-ring (bicyclic) bond motifs is 1. The molecule has 1 aromatic rings. The van der Waals surface area contributed by atoms with Gasteiger partial charge in [0.1, 0.15) is 5.75 Å². The van der Waals surface area contributed by atoms with Crippen LogP contribution in [-0.4, -0.2) is 38.2 Å². The number of ether oxygens (including phenoxy) is 1. The highest BCUT2D eigenvalue weighted by atomic mass is 16.5. The maximum atomic E-state index is 5.53. The smallest absolute Gasteiger partial charge is 0.122 e. The first-order valence-corrected chi connectivity index (χ1v) is 6.88. The fourth-order valence-electron chi connectivity index (χ4n) is 2.22. The fraction of sp³-hybridized carbons (Fsp3) is 0.600. The molecule has 0 bridgehead atoms. The normalized spacial score (nSPS) is 15.6. The molecule has 3 nitrogen and oxygen atoms in total. The number of hydrogen-bond acceptors (Lipinski definition) is 3. The van der Waals surface area contributed by atoms with Crippen molar-refractivity contribution in [3.05, 3.63) is 29.3 Å². The lowest BCUT2D eigenvalue weighted by Gasteiger charge is -2.18. The Morgan fingerprint density at radius 1 is 1.44 bits per heavy atom. The minimum atomic E-state index is 0.404. The van der Waals surface area contributed by atoms with E-state index < -0.39 is 0 Å². The number of nitrogens with one attached hydrogen (secondary N) is 1. The molecule has 2 rings (SSSR count). The van der Waals surface area contributed by atoms with Crippen molar-refractivity contribution >= 4 is 0 Å². The molecule has 0 amide bonds. The maximum Gasteiger partial charge on any atom is 0.122 e. The highest BCUT2D eigenvalue weighted by Crippen LogP contribution is 2.27. The molecule has 1 aliphatic heterocycles. The molecule has 18 heavy (non-hydrogen) atoms. The summed E-state index contributed by atoms with van der Waals surface area (Å²) in [6.45, 7) is 8.47. The lowest BCUT2D eigenvalue weighted by Crippen LogP contribution is -2.30. The van der Waals surface area contributed by atoms with Gasteiger partial charge >= 0.3 is 0 Å². The second-order valence-electron chi connectivity index (χ2n) is 5.04. The number of nitrogens with zero attached hydrogens (tertiary/aromatic N) is 1. The van der Waals surface area contributed by atoms with Gasteiger partial charge in [-0.3, -0.25) is 0 Å². The Morgan fingerprint density at radius 3 is 3.06 bits per heavy atom. The molecular weight excluding hydrogens is 224 g/mol. The zero-order valence-corrected chi connectivity index (χ0v) is 11.7. The van der Waals surface area contributed by atoms with Gasteiger partial charge in [0.05, 0.1) is 6.61 Å². The molecule has 0 aliphatic carbocycles. The summed E-state index contributed by atoms with van der Waals surface area (Å²) in [4.78, 5) is 2.32. The molecule has 100 valence electrons. The Labute approximate surface area is 110 Å². The molecule has 1 heterocycles. The molecule has 0 aromatic heterocycles. The quantitative estimate of drug-likeness (QED) is 0.835. The summed E-state index contributed by atoms with van der Waals surface area (Å²) in [5.74, 6) is 1.07. The van der Waals surface area contributed by atoms with E-state index >= 15 is 0 Å². The third-order valence-corrected chi connectivity index (χ3v) is 3.70. The van der Waals surface area contributed by atoms with Crippen LogP contribution in [0.5, 0.6) is 5.75 Å². The van der Waals surface area contributed by atoms with Gasteiger partial charge < -0.3 is 15.0 Å². The van der Waals surface area contributed by atoms with E-state index in [1.54, 1.807) is 0 Å². The predicted octanol–water partition coefficient (Wildman–Crippen LogP) is 2.22. The number of rotatable bonds is 6. The van der Waals surface area contributed by atoms with Crippen LogP contribution in [0, 0.1) is 0 Å². The molecule has 1 unspecified atom stereocenters. The lowest BCUT2D eigenvalue weighted by atomic mass is 10.0. The van der Waals surface area contributed by atoms with E-state index in [0.29, 0.717) is 6.04 Å². The molecular formula is C15H24N2O. The molecule has 0 saturated heterocycles. The van der Waals surface area contributed by atoms with Gasteiger partial charge in [-0.05, 0) is 37.7 Å². The van der Waals surface area contributed by atoms with E-state index in [1.807, 2.05) is 0 Å². The van der Waals surface area contributed by atoms with Crippen molar-refractivity contribution in [1.82, 2.24) is 10.2 Å². The van der Waals surface area contributed by atoms with Crippen LogP contribution >= 0.6 is 0 Å². The van der Waals surface area contributed by atoms with E-state index in [2.05, 4.69) is 49.3 Å². The molecule has 1 N–H and O–H groups in total. The van der Waals surface area contributed by atoms with Crippen LogP contribution < -0.4 is 10.1 Å². The van der Waals surface area contributed by atoms with Gasteiger partial charge in [-0.15, -0.1) is 0 Å². The Morgan fingerprint density at radius 2 is 2.28 bits per heavy atom. The fourth-order valence-corrected chi connectivity index (χ4v) is 2.22. The third-order valence-electron chi connectivity index (χ3n) is 3.70. The zero-order valence-electron chi connectivity index (χ0n) is 11.7. The van der Waals surface area contributed by atoms with Crippen LogP contribution in [0.1, 0.15) is 31.0 Å². The summed E-state index contributed by atoms with van der Waals surface area (Å²) in [7, 11) is 2.15. The first kappa shape index (κ1) is 13.4. The summed E-state index contributed by atoms with van der Waals surface area (Å²) in [6, 6.07) is 6.96. The van der Waals surface area contributed by atoms with Gasteiger partial charge in [-0.1, -0.05) is 19.1 Å². The second kappa shape index (κ2) is 6.21. The zero-order chi connectivity index (χ0) is 13.0. The number of benzene rings is 1. The van der Waals surface area contributed by atoms with E-state index in [9.17, 15) is 0 Å². The summed E-state index contributed by atoms with van der Waals surface area (Å²) in [5.41, 5.74) is 2.71. The molecule has 1 atom stereocenters. The van der Waals surface area contributed by atoms with Crippen LogP contribution in [0.25, 0.3) is 0 Å². The molecule has 0 saturated carbocycles. The van der Waals surface area contributed by atoms with Gasteiger partial charge in [-0.25, -0.2) is 0 Å². The second-order valence-corrected chi connectivity index (χ2v) is 5.04. The van der Waals surface area contributed by atoms with Crippen LogP contribution in [0.4, 0.5) is 0 Å². The van der Waals surface area contributed by atoms with E-state index in [0.717, 1.165) is 38.4 Å². The molecule has 0 spiro atoms. The summed E-state index contributed by atoms with van der Waals surface area (Å²) in [5, 5.41) is 3.57. The van der Waals surface area contributed by atoms with Crippen molar-refractivity contribution < 1.29 is 4.74 Å². The van der Waals surface area contributed by atoms with E-state index in [1.165, 1.54) is 11.1 Å². The topological polar surface area (TPSA) is 24.5 Å². The SMILES string of the molecule is CCN(C)CCNC(C)c1ccc2c(c1)CCO2. The van der Waals surface area contributed by atoms with Crippen molar-refractivity contribution in [1.29, 1.82) is 0 Å². The van der Waals surface area contributed by atoms with Crippen molar-refractivity contribution in [2.75, 3.05) is 33.3 Å². The molecule has 3 heteroatoms. The predicted molar refractivity (Wildman–Crippen MR) is 75.2 cm³/mol. The summed E-state index contributed by atoms with van der Waals surface area (Å²) < 4.78 is 5.53. The average Bonchev–Trinajstić information content (AvgIpc) is 2.85. The summed E-state index contributed by atoms with van der Waals surface area (Å²) >= 11 is 0. The van der Waals surface area contributed by atoms with Gasteiger partial charge in [0.25, 0.3) is 0 Å². The van der Waals surface area contributed by atoms with Crippen LogP contribution in [0.3, 0.4) is 0 Å². The minimum Gasteiger partial charge on any atom is -0.493 e. The monoisotopic (exact) mass is 248 g/mol. The van der Waals surface area contributed by atoms with Crippen molar-refractivity contribution in [2.24, 2.45) is 0 Å². The Hall–Kier alpha value is -1.06. The highest BCUT2D eigenvalue weighted by molar-refractivity contribution is 5.40. The van der Waals surface area contributed by atoms with Crippen LogP contribution in [0.2, 0.25) is 0 Å².